The number of amides is 2. The maximum absolute atomic E-state index is 12.9. The number of ether oxygens (including phenoxy) is 1. The lowest BCUT2D eigenvalue weighted by molar-refractivity contribution is 0.152. The highest BCUT2D eigenvalue weighted by Gasteiger charge is 2.16. The molecule has 0 bridgehead atoms. The van der Waals surface area contributed by atoms with Gasteiger partial charge in [0.1, 0.15) is 0 Å². The van der Waals surface area contributed by atoms with Crippen molar-refractivity contribution in [3.05, 3.63) is 89.2 Å². The van der Waals surface area contributed by atoms with Gasteiger partial charge in [0, 0.05) is 37.8 Å². The predicted octanol–water partition coefficient (Wildman–Crippen LogP) is 4.83. The molecule has 3 rings (SSSR count). The Hall–Kier alpha value is -3.05. The second kappa shape index (κ2) is 9.94. The Morgan fingerprint density at radius 3 is 2.55 bits per heavy atom. The van der Waals surface area contributed by atoms with Gasteiger partial charge in [0.05, 0.1) is 13.2 Å². The van der Waals surface area contributed by atoms with Crippen molar-refractivity contribution in [3.63, 3.8) is 0 Å². The van der Waals surface area contributed by atoms with Crippen LogP contribution < -0.4 is 5.32 Å². The van der Waals surface area contributed by atoms with E-state index < -0.39 is 0 Å². The summed E-state index contributed by atoms with van der Waals surface area (Å²) in [5.41, 5.74) is 5.48. The maximum atomic E-state index is 12.9. The van der Waals surface area contributed by atoms with Crippen LogP contribution in [0.5, 0.6) is 0 Å². The van der Waals surface area contributed by atoms with E-state index in [4.69, 9.17) is 4.74 Å². The quantitative estimate of drug-likeness (QED) is 0.598. The van der Waals surface area contributed by atoms with Crippen LogP contribution in [-0.4, -0.2) is 35.8 Å². The Morgan fingerprint density at radius 2 is 1.83 bits per heavy atom. The van der Waals surface area contributed by atoms with Gasteiger partial charge in [-0.1, -0.05) is 42.0 Å². The highest BCUT2D eigenvalue weighted by atomic mass is 16.5. The molecule has 5 heteroatoms. The SMILES string of the molecule is COCCN(Cc1cccn1Cc1ccc(C)cc1)C(=O)Nc1cccc(C)c1. The summed E-state index contributed by atoms with van der Waals surface area (Å²) in [4.78, 5) is 14.7. The molecule has 1 N–H and O–H groups in total. The first-order chi connectivity index (χ1) is 14.0. The molecule has 1 aromatic heterocycles. The van der Waals surface area contributed by atoms with Crippen LogP contribution in [0.1, 0.15) is 22.4 Å². The van der Waals surface area contributed by atoms with E-state index >= 15 is 0 Å². The fourth-order valence-corrected chi connectivity index (χ4v) is 3.21. The summed E-state index contributed by atoms with van der Waals surface area (Å²) in [7, 11) is 1.65. The Kier molecular flexibility index (Phi) is 7.09. The number of methoxy groups -OCH3 is 1. The molecule has 0 fully saturated rings. The highest BCUT2D eigenvalue weighted by Crippen LogP contribution is 2.14. The second-order valence-corrected chi connectivity index (χ2v) is 7.33. The molecule has 0 saturated carbocycles. The van der Waals surface area contributed by atoms with Crippen LogP contribution >= 0.6 is 0 Å². The molecule has 0 radical (unpaired) electrons. The molecule has 0 aliphatic heterocycles. The maximum Gasteiger partial charge on any atom is 0.322 e. The number of hydrogen-bond acceptors (Lipinski definition) is 2. The van der Waals surface area contributed by atoms with Crippen molar-refractivity contribution in [1.82, 2.24) is 9.47 Å². The Bertz CT molecular complexity index is 931. The third-order valence-corrected chi connectivity index (χ3v) is 4.87. The first-order valence-electron chi connectivity index (χ1n) is 9.86. The fourth-order valence-electron chi connectivity index (χ4n) is 3.21. The van der Waals surface area contributed by atoms with Gasteiger partial charge >= 0.3 is 6.03 Å². The number of aryl methyl sites for hydroxylation is 2. The zero-order chi connectivity index (χ0) is 20.6. The third kappa shape index (κ3) is 5.96. The number of carbonyl (C=O) groups is 1. The van der Waals surface area contributed by atoms with E-state index in [1.807, 2.05) is 37.3 Å². The second-order valence-electron chi connectivity index (χ2n) is 7.33. The molecule has 3 aromatic rings. The molecule has 2 amide bonds. The van der Waals surface area contributed by atoms with Gasteiger partial charge < -0.3 is 19.5 Å². The normalized spacial score (nSPS) is 10.7. The smallest absolute Gasteiger partial charge is 0.322 e. The molecule has 29 heavy (non-hydrogen) atoms. The molecule has 152 valence electrons. The molecule has 0 atom stereocenters. The summed E-state index contributed by atoms with van der Waals surface area (Å²) >= 11 is 0. The van der Waals surface area contributed by atoms with Crippen LogP contribution in [0.4, 0.5) is 10.5 Å². The largest absolute Gasteiger partial charge is 0.383 e. The first-order valence-corrected chi connectivity index (χ1v) is 9.86. The zero-order valence-corrected chi connectivity index (χ0v) is 17.4. The third-order valence-electron chi connectivity index (χ3n) is 4.87. The number of anilines is 1. The van der Waals surface area contributed by atoms with E-state index in [1.54, 1.807) is 12.0 Å². The van der Waals surface area contributed by atoms with E-state index in [-0.39, 0.29) is 6.03 Å². The van der Waals surface area contributed by atoms with Gasteiger partial charge in [0.25, 0.3) is 0 Å². The molecule has 2 aromatic carbocycles. The zero-order valence-electron chi connectivity index (χ0n) is 17.4. The number of nitrogens with zero attached hydrogens (tertiary/aromatic N) is 2. The Labute approximate surface area is 172 Å². The highest BCUT2D eigenvalue weighted by molar-refractivity contribution is 5.89. The summed E-state index contributed by atoms with van der Waals surface area (Å²) < 4.78 is 7.40. The molecular weight excluding hydrogens is 362 g/mol. The van der Waals surface area contributed by atoms with E-state index in [2.05, 4.69) is 53.3 Å². The summed E-state index contributed by atoms with van der Waals surface area (Å²) in [5.74, 6) is 0. The summed E-state index contributed by atoms with van der Waals surface area (Å²) in [5, 5.41) is 3.00. The van der Waals surface area contributed by atoms with Crippen molar-refractivity contribution >= 4 is 11.7 Å². The molecular formula is C24H29N3O2. The van der Waals surface area contributed by atoms with Crippen molar-refractivity contribution in [2.45, 2.75) is 26.9 Å². The number of hydrogen-bond donors (Lipinski definition) is 1. The van der Waals surface area contributed by atoms with Crippen LogP contribution in [-0.2, 0) is 17.8 Å². The lowest BCUT2D eigenvalue weighted by atomic mass is 10.1. The lowest BCUT2D eigenvalue weighted by Gasteiger charge is -2.24. The number of benzene rings is 2. The van der Waals surface area contributed by atoms with E-state index in [1.165, 1.54) is 11.1 Å². The van der Waals surface area contributed by atoms with Crippen molar-refractivity contribution in [2.24, 2.45) is 0 Å². The number of aromatic nitrogens is 1. The lowest BCUT2D eigenvalue weighted by Crippen LogP contribution is -2.37. The van der Waals surface area contributed by atoms with Crippen LogP contribution in [0, 0.1) is 13.8 Å². The summed E-state index contributed by atoms with van der Waals surface area (Å²) in [6, 6.07) is 20.3. The molecule has 5 nitrogen and oxygen atoms in total. The van der Waals surface area contributed by atoms with E-state index in [0.717, 1.165) is 23.5 Å². The molecule has 1 heterocycles. The molecule has 0 saturated heterocycles. The molecule has 0 unspecified atom stereocenters. The van der Waals surface area contributed by atoms with Crippen LogP contribution in [0.3, 0.4) is 0 Å². The Balaban J connectivity index is 1.72. The summed E-state index contributed by atoms with van der Waals surface area (Å²) in [6.07, 6.45) is 2.06. The van der Waals surface area contributed by atoms with Gasteiger partial charge in [-0.15, -0.1) is 0 Å². The van der Waals surface area contributed by atoms with Gasteiger partial charge in [-0.2, -0.15) is 0 Å². The van der Waals surface area contributed by atoms with Crippen molar-refractivity contribution in [2.75, 3.05) is 25.6 Å². The van der Waals surface area contributed by atoms with Crippen LogP contribution in [0.15, 0.2) is 66.9 Å². The van der Waals surface area contributed by atoms with Crippen molar-refractivity contribution in [3.8, 4) is 0 Å². The number of rotatable bonds is 8. The van der Waals surface area contributed by atoms with Gasteiger partial charge in [-0.05, 0) is 49.2 Å². The molecule has 0 aliphatic rings. The minimum atomic E-state index is -0.129. The average Bonchev–Trinajstić information content (AvgIpc) is 3.13. The van der Waals surface area contributed by atoms with Crippen molar-refractivity contribution < 1.29 is 9.53 Å². The minimum absolute atomic E-state index is 0.129. The van der Waals surface area contributed by atoms with Gasteiger partial charge in [0.2, 0.25) is 0 Å². The van der Waals surface area contributed by atoms with Crippen molar-refractivity contribution in [1.29, 1.82) is 0 Å². The topological polar surface area (TPSA) is 46.5 Å². The number of nitrogens with one attached hydrogen (secondary N) is 1. The van der Waals surface area contributed by atoms with Gasteiger partial charge in [0.15, 0.2) is 0 Å². The number of urea groups is 1. The molecule has 0 spiro atoms. The monoisotopic (exact) mass is 391 g/mol. The standard InChI is InChI=1S/C24H29N3O2/c1-19-9-11-21(12-10-19)17-26-13-5-8-23(26)18-27(14-15-29-3)24(28)25-22-7-4-6-20(2)16-22/h4-13,16H,14-15,17-18H2,1-3H3,(H,25,28). The van der Waals surface area contributed by atoms with E-state index in [9.17, 15) is 4.79 Å². The van der Waals surface area contributed by atoms with Crippen LogP contribution in [0.25, 0.3) is 0 Å². The van der Waals surface area contributed by atoms with Gasteiger partial charge in [-0.25, -0.2) is 4.79 Å². The Morgan fingerprint density at radius 1 is 1.03 bits per heavy atom. The van der Waals surface area contributed by atoms with Gasteiger partial charge in [-0.3, -0.25) is 0 Å². The van der Waals surface area contributed by atoms with Crippen LogP contribution in [0.2, 0.25) is 0 Å². The number of carbonyl (C=O) groups excluding carboxylic acids is 1. The fraction of sp³-hybridized carbons (Fsp3) is 0.292. The first kappa shape index (κ1) is 20.7. The predicted molar refractivity (Wildman–Crippen MR) is 117 cm³/mol. The summed E-state index contributed by atoms with van der Waals surface area (Å²) in [6.45, 7) is 6.39. The minimum Gasteiger partial charge on any atom is -0.383 e. The average molecular weight is 392 g/mol. The molecule has 0 aliphatic carbocycles. The van der Waals surface area contributed by atoms with E-state index in [0.29, 0.717) is 19.7 Å².